The number of nitrogens with zero attached hydrogens (tertiary/aromatic N) is 3. The lowest BCUT2D eigenvalue weighted by molar-refractivity contribution is -0.670. The molecular formula is C12H22IN3O. The smallest absolute Gasteiger partial charge is 0.416 e. The van der Waals surface area contributed by atoms with Gasteiger partial charge >= 0.3 is 6.03 Å². The van der Waals surface area contributed by atoms with E-state index in [9.17, 15) is 4.79 Å². The first kappa shape index (κ1) is 16.4. The highest BCUT2D eigenvalue weighted by atomic mass is 127. The number of hydrogen-bond donors (Lipinski definition) is 0. The van der Waals surface area contributed by atoms with Crippen LogP contribution in [0.5, 0.6) is 0 Å². The van der Waals surface area contributed by atoms with Crippen LogP contribution < -0.4 is 28.5 Å². The molecule has 1 amide bonds. The molecule has 17 heavy (non-hydrogen) atoms. The fourth-order valence-corrected chi connectivity index (χ4v) is 1.61. The molecule has 0 spiro atoms. The van der Waals surface area contributed by atoms with Gasteiger partial charge in [0.05, 0.1) is 7.05 Å². The summed E-state index contributed by atoms with van der Waals surface area (Å²) in [6.45, 7) is 9.13. The third-order valence-corrected chi connectivity index (χ3v) is 2.42. The number of aryl methyl sites for hydroxylation is 1. The van der Waals surface area contributed by atoms with Gasteiger partial charge in [0.15, 0.2) is 0 Å². The summed E-state index contributed by atoms with van der Waals surface area (Å²) in [5.41, 5.74) is 0. The molecule has 0 atom stereocenters. The molecule has 0 radical (unpaired) electrons. The average Bonchev–Trinajstić information content (AvgIpc) is 2.59. The van der Waals surface area contributed by atoms with Crippen molar-refractivity contribution in [3.63, 3.8) is 0 Å². The molecule has 0 aliphatic carbocycles. The van der Waals surface area contributed by atoms with Crippen LogP contribution in [-0.2, 0) is 7.05 Å². The van der Waals surface area contributed by atoms with Crippen molar-refractivity contribution in [3.05, 3.63) is 18.7 Å². The van der Waals surface area contributed by atoms with Crippen molar-refractivity contribution in [2.24, 2.45) is 13.0 Å². The molecule has 0 aliphatic rings. The molecule has 98 valence electrons. The maximum absolute atomic E-state index is 12.2. The van der Waals surface area contributed by atoms with Gasteiger partial charge in [-0.15, -0.1) is 0 Å². The van der Waals surface area contributed by atoms with Gasteiger partial charge in [-0.25, -0.2) is 9.36 Å². The zero-order chi connectivity index (χ0) is 12.3. The molecule has 0 aromatic carbocycles. The molecule has 0 bridgehead atoms. The molecule has 0 N–H and O–H groups in total. The summed E-state index contributed by atoms with van der Waals surface area (Å²) in [7, 11) is 1.91. The zero-order valence-corrected chi connectivity index (χ0v) is 13.4. The van der Waals surface area contributed by atoms with Crippen LogP contribution in [0, 0.1) is 5.92 Å². The number of hydrogen-bond acceptors (Lipinski definition) is 1. The second-order valence-electron chi connectivity index (χ2n) is 4.91. The Morgan fingerprint density at radius 2 is 1.94 bits per heavy atom. The summed E-state index contributed by atoms with van der Waals surface area (Å²) >= 11 is 0. The average molecular weight is 351 g/mol. The van der Waals surface area contributed by atoms with Gasteiger partial charge in [-0.05, 0) is 19.8 Å². The van der Waals surface area contributed by atoms with E-state index in [1.165, 1.54) is 0 Å². The Balaban J connectivity index is 0.00000256. The quantitative estimate of drug-likeness (QED) is 0.489. The molecule has 0 fully saturated rings. The Labute approximate surface area is 121 Å². The Bertz CT molecular complexity index is 360. The fraction of sp³-hybridized carbons (Fsp3) is 0.667. The van der Waals surface area contributed by atoms with Gasteiger partial charge in [0.2, 0.25) is 0 Å². The monoisotopic (exact) mass is 351 g/mol. The van der Waals surface area contributed by atoms with Crippen molar-refractivity contribution >= 4 is 6.03 Å². The number of halogens is 1. The lowest BCUT2D eigenvalue weighted by Crippen LogP contribution is -3.00. The van der Waals surface area contributed by atoms with E-state index in [-0.39, 0.29) is 36.0 Å². The number of rotatable bonds is 3. The van der Waals surface area contributed by atoms with Crippen LogP contribution in [-0.4, -0.2) is 28.1 Å². The number of aromatic nitrogens is 2. The Kier molecular flexibility index (Phi) is 6.74. The number of carbonyl (C=O) groups excluding carboxylic acids is 1. The van der Waals surface area contributed by atoms with Gasteiger partial charge in [0, 0.05) is 12.6 Å². The molecule has 0 saturated heterocycles. The molecule has 4 nitrogen and oxygen atoms in total. The Morgan fingerprint density at radius 3 is 2.29 bits per heavy atom. The number of imidazole rings is 1. The molecule has 0 saturated carbocycles. The normalized spacial score (nSPS) is 10.5. The largest absolute Gasteiger partial charge is 1.00 e. The van der Waals surface area contributed by atoms with Crippen LogP contribution in [0.25, 0.3) is 0 Å². The van der Waals surface area contributed by atoms with Crippen molar-refractivity contribution in [2.45, 2.75) is 33.7 Å². The SMILES string of the molecule is CC(C)CN(C(=O)n1cc[n+](C)c1)C(C)C.[I-]. The summed E-state index contributed by atoms with van der Waals surface area (Å²) in [5, 5.41) is 0. The van der Waals surface area contributed by atoms with Crippen molar-refractivity contribution in [1.29, 1.82) is 0 Å². The van der Waals surface area contributed by atoms with E-state index in [0.717, 1.165) is 6.54 Å². The van der Waals surface area contributed by atoms with Gasteiger partial charge in [-0.2, -0.15) is 4.57 Å². The van der Waals surface area contributed by atoms with Crippen molar-refractivity contribution in [1.82, 2.24) is 9.47 Å². The van der Waals surface area contributed by atoms with Crippen molar-refractivity contribution < 1.29 is 33.3 Å². The van der Waals surface area contributed by atoms with E-state index in [1.54, 1.807) is 17.1 Å². The highest BCUT2D eigenvalue weighted by Gasteiger charge is 2.23. The minimum absolute atomic E-state index is 0. The van der Waals surface area contributed by atoms with E-state index in [0.29, 0.717) is 5.92 Å². The van der Waals surface area contributed by atoms with Crippen LogP contribution in [0.1, 0.15) is 27.7 Å². The molecule has 0 unspecified atom stereocenters. The van der Waals surface area contributed by atoms with E-state index >= 15 is 0 Å². The standard InChI is InChI=1S/C12H22N3O.HI/c1-10(2)8-15(11(3)4)12(16)14-7-6-13(5)9-14;/h6-7,9-11H,8H2,1-5H3;1H/q+1;/p-1. The Hall–Kier alpha value is -0.590. The first-order valence-electron chi connectivity index (χ1n) is 5.76. The molecule has 5 heteroatoms. The van der Waals surface area contributed by atoms with Crippen molar-refractivity contribution in [3.8, 4) is 0 Å². The molecule has 0 aliphatic heterocycles. The number of amides is 1. The summed E-state index contributed by atoms with van der Waals surface area (Å²) in [6.07, 6.45) is 5.45. The van der Waals surface area contributed by atoms with Crippen LogP contribution in [0.4, 0.5) is 4.79 Å². The molecule has 1 aromatic heterocycles. The highest BCUT2D eigenvalue weighted by Crippen LogP contribution is 2.06. The summed E-state index contributed by atoms with van der Waals surface area (Å²) in [4.78, 5) is 14.1. The lowest BCUT2D eigenvalue weighted by Gasteiger charge is -2.25. The maximum atomic E-state index is 12.2. The third kappa shape index (κ3) is 4.65. The van der Waals surface area contributed by atoms with Gasteiger partial charge in [-0.3, -0.25) is 0 Å². The summed E-state index contributed by atoms with van der Waals surface area (Å²) in [6, 6.07) is 0.270. The van der Waals surface area contributed by atoms with E-state index in [4.69, 9.17) is 0 Å². The van der Waals surface area contributed by atoms with Crippen molar-refractivity contribution in [2.75, 3.05) is 6.54 Å². The summed E-state index contributed by atoms with van der Waals surface area (Å²) in [5.74, 6) is 0.482. The van der Waals surface area contributed by atoms with Gasteiger partial charge in [-0.1, -0.05) is 13.8 Å². The predicted octanol–water partition coefficient (Wildman–Crippen LogP) is -1.35. The first-order chi connectivity index (χ1) is 7.41. The topological polar surface area (TPSA) is 29.1 Å². The summed E-state index contributed by atoms with van der Waals surface area (Å²) < 4.78 is 3.49. The minimum atomic E-state index is 0. The van der Waals surface area contributed by atoms with Gasteiger partial charge in [0.1, 0.15) is 12.4 Å². The van der Waals surface area contributed by atoms with E-state index in [2.05, 4.69) is 13.8 Å². The number of carbonyl (C=O) groups is 1. The Morgan fingerprint density at radius 1 is 1.35 bits per heavy atom. The second-order valence-corrected chi connectivity index (χ2v) is 4.91. The highest BCUT2D eigenvalue weighted by molar-refractivity contribution is 5.76. The first-order valence-corrected chi connectivity index (χ1v) is 5.76. The van der Waals surface area contributed by atoms with Crippen LogP contribution in [0.15, 0.2) is 18.7 Å². The molecule has 1 aromatic rings. The van der Waals surface area contributed by atoms with E-state index < -0.39 is 0 Å². The zero-order valence-electron chi connectivity index (χ0n) is 11.2. The van der Waals surface area contributed by atoms with Crippen LogP contribution >= 0.6 is 0 Å². The van der Waals surface area contributed by atoms with Gasteiger partial charge < -0.3 is 28.9 Å². The minimum Gasteiger partial charge on any atom is -1.00 e. The molecule has 1 rings (SSSR count). The molecule has 1 heterocycles. The predicted molar refractivity (Wildman–Crippen MR) is 63.1 cm³/mol. The van der Waals surface area contributed by atoms with Gasteiger partial charge in [0.25, 0.3) is 6.33 Å². The van der Waals surface area contributed by atoms with E-state index in [1.807, 2.05) is 36.6 Å². The van der Waals surface area contributed by atoms with Crippen LogP contribution in [0.2, 0.25) is 0 Å². The maximum Gasteiger partial charge on any atom is 0.416 e. The lowest BCUT2D eigenvalue weighted by atomic mass is 10.2. The fourth-order valence-electron chi connectivity index (χ4n) is 1.61. The second kappa shape index (κ2) is 6.98. The molecular weight excluding hydrogens is 329 g/mol. The van der Waals surface area contributed by atoms with Crippen LogP contribution in [0.3, 0.4) is 0 Å². The third-order valence-electron chi connectivity index (χ3n) is 2.42.